The van der Waals surface area contributed by atoms with Gasteiger partial charge in [0, 0.05) is 0 Å². The van der Waals surface area contributed by atoms with Crippen molar-refractivity contribution in [3.05, 3.63) is 6.04 Å². The van der Waals surface area contributed by atoms with Gasteiger partial charge in [0.25, 0.3) is 0 Å². The highest BCUT2D eigenvalue weighted by atomic mass is 16.4. The van der Waals surface area contributed by atoms with Gasteiger partial charge in [-0.15, -0.1) is 0 Å². The molecule has 0 saturated carbocycles. The fourth-order valence-electron chi connectivity index (χ4n) is 2.17. The predicted molar refractivity (Wildman–Crippen MR) is 39.8 cm³/mol. The molecule has 1 radical (unpaired) electrons. The first-order chi connectivity index (χ1) is 5.27. The molecule has 3 heteroatoms. The van der Waals surface area contributed by atoms with Gasteiger partial charge in [-0.05, 0) is 31.8 Å². The monoisotopic (exact) mass is 154 g/mol. The van der Waals surface area contributed by atoms with Gasteiger partial charge in [-0.2, -0.15) is 0 Å². The van der Waals surface area contributed by atoms with Gasteiger partial charge in [-0.1, -0.05) is 0 Å². The average Bonchev–Trinajstić information content (AvgIpc) is 2.48. The third kappa shape index (κ3) is 1.13. The fourth-order valence-corrected chi connectivity index (χ4v) is 2.17. The van der Waals surface area contributed by atoms with Crippen LogP contribution in [0.1, 0.15) is 19.3 Å². The van der Waals surface area contributed by atoms with Crippen LogP contribution < -0.4 is 0 Å². The number of carboxylic acids is 1. The normalized spacial score (nSPS) is 36.4. The van der Waals surface area contributed by atoms with Crippen LogP contribution in [0.5, 0.6) is 0 Å². The topological polar surface area (TPSA) is 40.5 Å². The predicted octanol–water partition coefficient (Wildman–Crippen LogP) is 0.719. The second kappa shape index (κ2) is 2.48. The fraction of sp³-hybridized carbons (Fsp3) is 0.750. The zero-order valence-corrected chi connectivity index (χ0v) is 6.42. The van der Waals surface area contributed by atoms with Gasteiger partial charge < -0.3 is 5.11 Å². The molecular formula is C8H12NO2. The molecule has 2 rings (SSSR count). The molecule has 0 spiro atoms. The lowest BCUT2D eigenvalue weighted by atomic mass is 9.98. The Balaban J connectivity index is 1.99. The first-order valence-electron chi connectivity index (χ1n) is 4.10. The Kier molecular flexibility index (Phi) is 1.60. The lowest BCUT2D eigenvalue weighted by Crippen LogP contribution is -2.21. The van der Waals surface area contributed by atoms with Crippen LogP contribution in [0.4, 0.5) is 0 Å². The molecule has 0 aromatic carbocycles. The lowest BCUT2D eigenvalue weighted by Gasteiger charge is -2.15. The maximum Gasteiger partial charge on any atom is 0.305 e. The van der Waals surface area contributed by atoms with E-state index in [1.807, 2.05) is 0 Å². The zero-order valence-electron chi connectivity index (χ0n) is 6.42. The minimum absolute atomic E-state index is 0.269. The molecule has 0 aromatic rings. The number of piperidine rings is 1. The van der Waals surface area contributed by atoms with Gasteiger partial charge >= 0.3 is 5.97 Å². The van der Waals surface area contributed by atoms with E-state index in [1.54, 1.807) is 0 Å². The molecule has 0 aromatic heterocycles. The Morgan fingerprint density at radius 2 is 2.18 bits per heavy atom. The molecule has 1 N–H and O–H groups in total. The number of rotatable bonds is 2. The van der Waals surface area contributed by atoms with Crippen molar-refractivity contribution in [2.45, 2.75) is 19.3 Å². The third-order valence-electron chi connectivity index (χ3n) is 2.70. The summed E-state index contributed by atoms with van der Waals surface area (Å²) in [4.78, 5) is 12.7. The van der Waals surface area contributed by atoms with Crippen molar-refractivity contribution in [1.82, 2.24) is 4.90 Å². The van der Waals surface area contributed by atoms with Crippen molar-refractivity contribution in [1.29, 1.82) is 0 Å². The maximum absolute atomic E-state index is 10.4. The Labute approximate surface area is 66.0 Å². The number of nitrogens with zero attached hydrogens (tertiary/aromatic N) is 1. The van der Waals surface area contributed by atoms with Gasteiger partial charge in [0.1, 0.15) is 0 Å². The van der Waals surface area contributed by atoms with E-state index in [9.17, 15) is 4.79 Å². The number of hydrogen-bond donors (Lipinski definition) is 1. The summed E-state index contributed by atoms with van der Waals surface area (Å²) in [5.74, 6) is -0.0788. The summed E-state index contributed by atoms with van der Waals surface area (Å²) in [6.07, 6.45) is 2.63. The number of carboxylic acid groups (broad SMARTS) is 1. The van der Waals surface area contributed by atoms with Crippen molar-refractivity contribution in [3.63, 3.8) is 0 Å². The molecule has 2 heterocycles. The highest BCUT2D eigenvalue weighted by Crippen LogP contribution is 2.41. The summed E-state index contributed by atoms with van der Waals surface area (Å²) in [7, 11) is 0. The van der Waals surface area contributed by atoms with E-state index in [0.29, 0.717) is 5.92 Å². The molecule has 0 unspecified atom stereocenters. The summed E-state index contributed by atoms with van der Waals surface area (Å²) in [6, 6.07) is 1.18. The average molecular weight is 154 g/mol. The standard InChI is InChI=1S/C8H12NO2/c10-8(11)5-7-6-1-3-9(7)4-2-6/h6H,1-5H2,(H,10,11). The minimum Gasteiger partial charge on any atom is -0.481 e. The van der Waals surface area contributed by atoms with Crippen LogP contribution in [-0.4, -0.2) is 29.1 Å². The largest absolute Gasteiger partial charge is 0.481 e. The van der Waals surface area contributed by atoms with Crippen molar-refractivity contribution in [2.75, 3.05) is 13.1 Å². The van der Waals surface area contributed by atoms with Crippen LogP contribution in [0.3, 0.4) is 0 Å². The first kappa shape index (κ1) is 7.10. The van der Waals surface area contributed by atoms with Crippen LogP contribution in [0.15, 0.2) is 0 Å². The van der Waals surface area contributed by atoms with E-state index in [0.717, 1.165) is 13.1 Å². The van der Waals surface area contributed by atoms with Gasteiger partial charge in [-0.25, -0.2) is 0 Å². The molecule has 3 nitrogen and oxygen atoms in total. The van der Waals surface area contributed by atoms with E-state index < -0.39 is 5.97 Å². The summed E-state index contributed by atoms with van der Waals surface area (Å²) < 4.78 is 0. The molecule has 2 fully saturated rings. The Morgan fingerprint density at radius 3 is 2.55 bits per heavy atom. The van der Waals surface area contributed by atoms with E-state index in [4.69, 9.17) is 5.11 Å². The molecule has 0 atom stereocenters. The van der Waals surface area contributed by atoms with Gasteiger partial charge in [0.15, 0.2) is 0 Å². The molecule has 61 valence electrons. The van der Waals surface area contributed by atoms with Crippen molar-refractivity contribution in [3.8, 4) is 0 Å². The number of aliphatic carboxylic acids is 1. The second-order valence-electron chi connectivity index (χ2n) is 3.32. The second-order valence-corrected chi connectivity index (χ2v) is 3.32. The summed E-state index contributed by atoms with van der Waals surface area (Å²) in [5, 5.41) is 8.59. The van der Waals surface area contributed by atoms with Crippen LogP contribution in [0.2, 0.25) is 0 Å². The number of carbonyl (C=O) groups is 1. The first-order valence-corrected chi connectivity index (χ1v) is 4.10. The van der Waals surface area contributed by atoms with E-state index in [-0.39, 0.29) is 6.42 Å². The molecule has 2 aliphatic heterocycles. The summed E-state index contributed by atoms with van der Waals surface area (Å²) in [5.41, 5.74) is 0. The molecule has 2 aliphatic rings. The van der Waals surface area contributed by atoms with E-state index in [2.05, 4.69) is 4.90 Å². The zero-order chi connectivity index (χ0) is 7.84. The van der Waals surface area contributed by atoms with Crippen molar-refractivity contribution in [2.24, 2.45) is 5.92 Å². The molecule has 0 aliphatic carbocycles. The molecule has 2 saturated heterocycles. The Hall–Kier alpha value is -0.570. The SMILES string of the molecule is O=C(O)C[C]1C2CCN1CC2. The van der Waals surface area contributed by atoms with Crippen LogP contribution in [0, 0.1) is 12.0 Å². The van der Waals surface area contributed by atoms with Gasteiger partial charge in [0.05, 0.1) is 12.5 Å². The molecule has 2 bridgehead atoms. The number of hydrogen-bond acceptors (Lipinski definition) is 2. The van der Waals surface area contributed by atoms with Crippen molar-refractivity contribution >= 4 is 5.97 Å². The molecular weight excluding hydrogens is 142 g/mol. The van der Waals surface area contributed by atoms with Crippen LogP contribution in [0.25, 0.3) is 0 Å². The number of fused-ring (bicyclic) bond motifs is 2. The van der Waals surface area contributed by atoms with E-state index >= 15 is 0 Å². The summed E-state index contributed by atoms with van der Waals surface area (Å²) >= 11 is 0. The minimum atomic E-state index is -0.682. The highest BCUT2D eigenvalue weighted by Gasteiger charge is 2.41. The highest BCUT2D eigenvalue weighted by molar-refractivity contribution is 5.69. The molecule has 11 heavy (non-hydrogen) atoms. The Morgan fingerprint density at radius 1 is 1.55 bits per heavy atom. The van der Waals surface area contributed by atoms with Gasteiger partial charge in [-0.3, -0.25) is 9.69 Å². The Bertz CT molecular complexity index is 161. The summed E-state index contributed by atoms with van der Waals surface area (Å²) in [6.45, 7) is 2.18. The maximum atomic E-state index is 10.4. The van der Waals surface area contributed by atoms with Crippen LogP contribution in [-0.2, 0) is 4.79 Å². The molecule has 0 amide bonds. The lowest BCUT2D eigenvalue weighted by molar-refractivity contribution is -0.137. The smallest absolute Gasteiger partial charge is 0.305 e. The van der Waals surface area contributed by atoms with Crippen LogP contribution >= 0.6 is 0 Å². The van der Waals surface area contributed by atoms with E-state index in [1.165, 1.54) is 18.9 Å². The third-order valence-corrected chi connectivity index (χ3v) is 2.70. The quantitative estimate of drug-likeness (QED) is 0.637. The van der Waals surface area contributed by atoms with Crippen molar-refractivity contribution < 1.29 is 9.90 Å². The van der Waals surface area contributed by atoms with Gasteiger partial charge in [0.2, 0.25) is 0 Å².